The third-order valence-electron chi connectivity index (χ3n) is 4.39. The van der Waals surface area contributed by atoms with Crippen LogP contribution in [-0.4, -0.2) is 25.4 Å². The van der Waals surface area contributed by atoms with E-state index in [1.807, 2.05) is 11.9 Å². The Morgan fingerprint density at radius 2 is 1.83 bits per heavy atom. The van der Waals surface area contributed by atoms with Crippen LogP contribution < -0.4 is 9.80 Å². The van der Waals surface area contributed by atoms with Crippen molar-refractivity contribution in [1.29, 1.82) is 0 Å². The average Bonchev–Trinajstić information content (AvgIpc) is 2.80. The van der Waals surface area contributed by atoms with Crippen LogP contribution in [0.3, 0.4) is 0 Å². The summed E-state index contributed by atoms with van der Waals surface area (Å²) in [5.41, 5.74) is 2.73. The van der Waals surface area contributed by atoms with E-state index in [-0.39, 0.29) is 11.8 Å². The first-order chi connectivity index (χ1) is 11.0. The fraction of sp³-hybridized carbons (Fsp3) is 0.333. The van der Waals surface area contributed by atoms with Gasteiger partial charge in [0.15, 0.2) is 0 Å². The molecule has 0 unspecified atom stereocenters. The highest BCUT2D eigenvalue weighted by molar-refractivity contribution is 6.35. The SMILES string of the molecule is C=CCN(C)c1cc(N2C(=O)C3=C(CCCC3)C2=O)ccc1Cl. The quantitative estimate of drug-likeness (QED) is 0.624. The molecular weight excluding hydrogens is 312 g/mol. The number of carbonyl (C=O) groups excluding carboxylic acids is 2. The third kappa shape index (κ3) is 2.68. The Hall–Kier alpha value is -2.07. The number of hydrogen-bond donors (Lipinski definition) is 0. The van der Waals surface area contributed by atoms with Crippen molar-refractivity contribution in [1.82, 2.24) is 0 Å². The second kappa shape index (κ2) is 6.20. The molecule has 23 heavy (non-hydrogen) atoms. The summed E-state index contributed by atoms with van der Waals surface area (Å²) < 4.78 is 0. The van der Waals surface area contributed by atoms with Crippen molar-refractivity contribution in [3.05, 3.63) is 47.0 Å². The lowest BCUT2D eigenvalue weighted by atomic mass is 9.93. The minimum Gasteiger partial charge on any atom is -0.370 e. The van der Waals surface area contributed by atoms with E-state index in [1.165, 1.54) is 4.90 Å². The van der Waals surface area contributed by atoms with E-state index >= 15 is 0 Å². The lowest BCUT2D eigenvalue weighted by Crippen LogP contribution is -2.31. The zero-order valence-corrected chi connectivity index (χ0v) is 13.9. The predicted octanol–water partition coefficient (Wildman–Crippen LogP) is 3.71. The molecule has 2 amide bonds. The summed E-state index contributed by atoms with van der Waals surface area (Å²) in [5.74, 6) is -0.353. The highest BCUT2D eigenvalue weighted by Crippen LogP contribution is 2.38. The van der Waals surface area contributed by atoms with E-state index in [9.17, 15) is 9.59 Å². The van der Waals surface area contributed by atoms with Gasteiger partial charge >= 0.3 is 0 Å². The number of imide groups is 1. The van der Waals surface area contributed by atoms with E-state index in [0.717, 1.165) is 18.5 Å². The van der Waals surface area contributed by atoms with E-state index in [2.05, 4.69) is 6.58 Å². The molecule has 0 spiro atoms. The molecule has 1 aromatic rings. The molecule has 1 heterocycles. The van der Waals surface area contributed by atoms with Crippen molar-refractivity contribution in [2.24, 2.45) is 0 Å². The van der Waals surface area contributed by atoms with Gasteiger partial charge in [-0.1, -0.05) is 17.7 Å². The van der Waals surface area contributed by atoms with Gasteiger partial charge in [0.05, 0.1) is 16.4 Å². The Bertz CT molecular complexity index is 696. The van der Waals surface area contributed by atoms with Crippen LogP contribution >= 0.6 is 11.6 Å². The number of carbonyl (C=O) groups is 2. The van der Waals surface area contributed by atoms with Crippen LogP contribution in [0.1, 0.15) is 25.7 Å². The number of likely N-dealkylation sites (N-methyl/N-ethyl adjacent to an activating group) is 1. The number of hydrogen-bond acceptors (Lipinski definition) is 3. The Morgan fingerprint density at radius 3 is 2.39 bits per heavy atom. The molecule has 3 rings (SSSR count). The van der Waals surface area contributed by atoms with Crippen LogP contribution in [0, 0.1) is 0 Å². The second-order valence-corrected chi connectivity index (χ2v) is 6.32. The zero-order chi connectivity index (χ0) is 16.6. The highest BCUT2D eigenvalue weighted by Gasteiger charge is 2.39. The molecule has 0 atom stereocenters. The number of benzene rings is 1. The van der Waals surface area contributed by atoms with Gasteiger partial charge in [-0.15, -0.1) is 6.58 Å². The molecule has 0 N–H and O–H groups in total. The van der Waals surface area contributed by atoms with Gasteiger partial charge in [0.2, 0.25) is 0 Å². The predicted molar refractivity (Wildman–Crippen MR) is 92.9 cm³/mol. The van der Waals surface area contributed by atoms with Crippen LogP contribution in [0.2, 0.25) is 5.02 Å². The molecule has 1 aromatic carbocycles. The maximum absolute atomic E-state index is 12.6. The molecule has 4 nitrogen and oxygen atoms in total. The van der Waals surface area contributed by atoms with Crippen LogP contribution in [0.25, 0.3) is 0 Å². The molecule has 5 heteroatoms. The molecular formula is C18H19ClN2O2. The third-order valence-corrected chi connectivity index (χ3v) is 4.71. The highest BCUT2D eigenvalue weighted by atomic mass is 35.5. The molecule has 1 aliphatic heterocycles. The van der Waals surface area contributed by atoms with Gasteiger partial charge in [-0.3, -0.25) is 9.59 Å². The molecule has 0 radical (unpaired) electrons. The lowest BCUT2D eigenvalue weighted by Gasteiger charge is -2.22. The number of nitrogens with zero attached hydrogens (tertiary/aromatic N) is 2. The van der Waals surface area contributed by atoms with Crippen molar-refractivity contribution in [3.8, 4) is 0 Å². The standard InChI is InChI=1S/C18H19ClN2O2/c1-3-10-20(2)16-11-12(8-9-15(16)19)21-17(22)13-6-4-5-7-14(13)18(21)23/h3,8-9,11H,1,4-7,10H2,2H3. The molecule has 2 aliphatic rings. The van der Waals surface area contributed by atoms with Gasteiger partial charge in [0, 0.05) is 24.7 Å². The first-order valence-electron chi connectivity index (χ1n) is 7.77. The topological polar surface area (TPSA) is 40.6 Å². The molecule has 120 valence electrons. The summed E-state index contributed by atoms with van der Waals surface area (Å²) in [6.45, 7) is 4.34. The van der Waals surface area contributed by atoms with Crippen LogP contribution in [0.15, 0.2) is 42.0 Å². The number of halogens is 1. The van der Waals surface area contributed by atoms with Gasteiger partial charge in [-0.2, -0.15) is 0 Å². The summed E-state index contributed by atoms with van der Waals surface area (Å²) in [5, 5.41) is 0.579. The van der Waals surface area contributed by atoms with Gasteiger partial charge in [0.25, 0.3) is 11.8 Å². The number of anilines is 2. The molecule has 1 aliphatic carbocycles. The summed E-state index contributed by atoms with van der Waals surface area (Å²) in [6, 6.07) is 5.24. The summed E-state index contributed by atoms with van der Waals surface area (Å²) in [4.78, 5) is 28.5. The van der Waals surface area contributed by atoms with Crippen LogP contribution in [0.5, 0.6) is 0 Å². The fourth-order valence-corrected chi connectivity index (χ4v) is 3.46. The Labute approximate surface area is 141 Å². The summed E-state index contributed by atoms with van der Waals surface area (Å²) in [6.07, 6.45) is 5.12. The first-order valence-corrected chi connectivity index (χ1v) is 8.14. The maximum Gasteiger partial charge on any atom is 0.261 e. The van der Waals surface area contributed by atoms with Crippen molar-refractivity contribution in [2.45, 2.75) is 25.7 Å². The van der Waals surface area contributed by atoms with Crippen LogP contribution in [-0.2, 0) is 9.59 Å². The fourth-order valence-electron chi connectivity index (χ4n) is 3.20. The normalized spacial score (nSPS) is 17.6. The van der Waals surface area contributed by atoms with Crippen LogP contribution in [0.4, 0.5) is 11.4 Å². The van der Waals surface area contributed by atoms with Crippen molar-refractivity contribution < 1.29 is 9.59 Å². The lowest BCUT2D eigenvalue weighted by molar-refractivity contribution is -0.120. The number of rotatable bonds is 4. The molecule has 0 aromatic heterocycles. The van der Waals surface area contributed by atoms with Gasteiger partial charge in [-0.25, -0.2) is 4.90 Å². The molecule has 0 bridgehead atoms. The molecule has 0 saturated carbocycles. The largest absolute Gasteiger partial charge is 0.370 e. The Morgan fingerprint density at radius 1 is 1.22 bits per heavy atom. The van der Waals surface area contributed by atoms with E-state index in [1.54, 1.807) is 24.3 Å². The minimum absolute atomic E-state index is 0.177. The number of amides is 2. The average molecular weight is 331 g/mol. The van der Waals surface area contributed by atoms with E-state index < -0.39 is 0 Å². The smallest absolute Gasteiger partial charge is 0.261 e. The van der Waals surface area contributed by atoms with E-state index in [4.69, 9.17) is 11.6 Å². The minimum atomic E-state index is -0.177. The summed E-state index contributed by atoms with van der Waals surface area (Å²) >= 11 is 6.25. The van der Waals surface area contributed by atoms with Crippen molar-refractivity contribution in [2.75, 3.05) is 23.4 Å². The van der Waals surface area contributed by atoms with Gasteiger partial charge in [0.1, 0.15) is 0 Å². The molecule has 0 fully saturated rings. The second-order valence-electron chi connectivity index (χ2n) is 5.91. The first kappa shape index (κ1) is 15.8. The Balaban J connectivity index is 1.97. The van der Waals surface area contributed by atoms with Crippen molar-refractivity contribution >= 4 is 34.8 Å². The van der Waals surface area contributed by atoms with E-state index in [0.29, 0.717) is 41.2 Å². The van der Waals surface area contributed by atoms with Crippen molar-refractivity contribution in [3.63, 3.8) is 0 Å². The Kier molecular flexibility index (Phi) is 4.26. The monoisotopic (exact) mass is 330 g/mol. The van der Waals surface area contributed by atoms with Gasteiger partial charge in [-0.05, 0) is 43.9 Å². The maximum atomic E-state index is 12.6. The zero-order valence-electron chi connectivity index (χ0n) is 13.1. The summed E-state index contributed by atoms with van der Waals surface area (Å²) in [7, 11) is 1.89. The van der Waals surface area contributed by atoms with Gasteiger partial charge < -0.3 is 4.90 Å². The molecule has 0 saturated heterocycles.